The van der Waals surface area contributed by atoms with Gasteiger partial charge in [0.15, 0.2) is 23.1 Å². The number of methoxy groups -OCH3 is 2. The van der Waals surface area contributed by atoms with Gasteiger partial charge in [0.05, 0.1) is 14.2 Å². The zero-order valence-corrected chi connectivity index (χ0v) is 11.4. The van der Waals surface area contributed by atoms with Crippen molar-refractivity contribution in [3.05, 3.63) is 53.6 Å². The number of hydrogen-bond donors (Lipinski definition) is 1. The summed E-state index contributed by atoms with van der Waals surface area (Å²) in [7, 11) is 2.68. The topological polar surface area (TPSA) is 47.6 Å². The first kappa shape index (κ1) is 14.8. The molecule has 0 aliphatic rings. The third-order valence-electron chi connectivity index (χ3n) is 2.82. The Hall–Kier alpha value is -2.63. The van der Waals surface area contributed by atoms with E-state index in [1.54, 1.807) is 0 Å². The van der Waals surface area contributed by atoms with Crippen molar-refractivity contribution < 1.29 is 23.0 Å². The van der Waals surface area contributed by atoms with Gasteiger partial charge in [-0.25, -0.2) is 8.78 Å². The Morgan fingerprint density at radius 1 is 0.952 bits per heavy atom. The van der Waals surface area contributed by atoms with Gasteiger partial charge in [0, 0.05) is 17.3 Å². The normalized spacial score (nSPS) is 10.1. The van der Waals surface area contributed by atoms with Crippen molar-refractivity contribution in [2.24, 2.45) is 0 Å². The molecule has 2 aromatic rings. The van der Waals surface area contributed by atoms with E-state index in [1.807, 2.05) is 0 Å². The lowest BCUT2D eigenvalue weighted by molar-refractivity contribution is 0.102. The van der Waals surface area contributed by atoms with E-state index in [0.29, 0.717) is 0 Å². The van der Waals surface area contributed by atoms with Crippen LogP contribution in [0.2, 0.25) is 0 Å². The van der Waals surface area contributed by atoms with Crippen LogP contribution >= 0.6 is 0 Å². The van der Waals surface area contributed by atoms with Gasteiger partial charge < -0.3 is 14.8 Å². The third-order valence-corrected chi connectivity index (χ3v) is 2.82. The Bertz CT molecular complexity index is 674. The SMILES string of the molecule is COc1ccc(NC(=O)c2ccc(OC)c(F)c2)cc1F. The second-order valence-corrected chi connectivity index (χ2v) is 4.15. The van der Waals surface area contributed by atoms with Crippen LogP contribution in [-0.4, -0.2) is 20.1 Å². The fourth-order valence-electron chi connectivity index (χ4n) is 1.76. The molecular formula is C15H13F2NO3. The van der Waals surface area contributed by atoms with E-state index in [-0.39, 0.29) is 22.7 Å². The fraction of sp³-hybridized carbons (Fsp3) is 0.133. The zero-order chi connectivity index (χ0) is 15.4. The number of anilines is 1. The Balaban J connectivity index is 2.18. The van der Waals surface area contributed by atoms with E-state index in [0.717, 1.165) is 12.1 Å². The van der Waals surface area contributed by atoms with E-state index in [1.165, 1.54) is 38.5 Å². The Labute approximate surface area is 120 Å². The van der Waals surface area contributed by atoms with Gasteiger partial charge in [-0.3, -0.25) is 4.79 Å². The fourth-order valence-corrected chi connectivity index (χ4v) is 1.76. The van der Waals surface area contributed by atoms with Crippen molar-refractivity contribution in [2.45, 2.75) is 0 Å². The number of amides is 1. The summed E-state index contributed by atoms with van der Waals surface area (Å²) in [5, 5.41) is 2.47. The van der Waals surface area contributed by atoms with E-state index in [2.05, 4.69) is 5.32 Å². The smallest absolute Gasteiger partial charge is 0.255 e. The van der Waals surface area contributed by atoms with Gasteiger partial charge in [0.25, 0.3) is 5.91 Å². The number of nitrogens with one attached hydrogen (secondary N) is 1. The van der Waals surface area contributed by atoms with Crippen LogP contribution in [0.15, 0.2) is 36.4 Å². The highest BCUT2D eigenvalue weighted by atomic mass is 19.1. The minimum Gasteiger partial charge on any atom is -0.494 e. The highest BCUT2D eigenvalue weighted by Crippen LogP contribution is 2.22. The molecule has 0 bridgehead atoms. The standard InChI is InChI=1S/C15H13F2NO3/c1-20-13-5-3-9(7-11(13)16)15(19)18-10-4-6-14(21-2)12(17)8-10/h3-8H,1-2H3,(H,18,19). The van der Waals surface area contributed by atoms with Crippen molar-refractivity contribution in [2.75, 3.05) is 19.5 Å². The molecule has 2 rings (SSSR count). The molecule has 4 nitrogen and oxygen atoms in total. The first-order valence-electron chi connectivity index (χ1n) is 6.03. The second kappa shape index (κ2) is 6.21. The molecule has 0 unspecified atom stereocenters. The second-order valence-electron chi connectivity index (χ2n) is 4.15. The van der Waals surface area contributed by atoms with Gasteiger partial charge in [-0.15, -0.1) is 0 Å². The quantitative estimate of drug-likeness (QED) is 0.941. The van der Waals surface area contributed by atoms with Gasteiger partial charge in [-0.2, -0.15) is 0 Å². The summed E-state index contributed by atoms with van der Waals surface area (Å²) in [6, 6.07) is 7.81. The Kier molecular flexibility index (Phi) is 4.37. The maximum atomic E-state index is 13.5. The van der Waals surface area contributed by atoms with Crippen LogP contribution in [0.3, 0.4) is 0 Å². The van der Waals surface area contributed by atoms with E-state index in [4.69, 9.17) is 9.47 Å². The lowest BCUT2D eigenvalue weighted by Crippen LogP contribution is -2.12. The summed E-state index contributed by atoms with van der Waals surface area (Å²) in [5.74, 6) is -1.69. The molecule has 0 atom stereocenters. The molecule has 0 saturated heterocycles. The number of rotatable bonds is 4. The molecule has 0 saturated carbocycles. The molecule has 0 aliphatic carbocycles. The van der Waals surface area contributed by atoms with Crippen LogP contribution < -0.4 is 14.8 Å². The molecule has 0 spiro atoms. The molecule has 0 aromatic heterocycles. The summed E-state index contributed by atoms with van der Waals surface area (Å²) >= 11 is 0. The van der Waals surface area contributed by atoms with Crippen molar-refractivity contribution in [3.8, 4) is 11.5 Å². The van der Waals surface area contributed by atoms with Gasteiger partial charge in [-0.1, -0.05) is 0 Å². The minimum absolute atomic E-state index is 0.0436. The van der Waals surface area contributed by atoms with Crippen molar-refractivity contribution in [1.82, 2.24) is 0 Å². The predicted octanol–water partition coefficient (Wildman–Crippen LogP) is 3.23. The molecular weight excluding hydrogens is 280 g/mol. The molecule has 1 amide bonds. The summed E-state index contributed by atoms with van der Waals surface area (Å²) in [5.41, 5.74) is 0.346. The molecule has 1 N–H and O–H groups in total. The van der Waals surface area contributed by atoms with Gasteiger partial charge in [0.1, 0.15) is 0 Å². The summed E-state index contributed by atoms with van der Waals surface area (Å²) in [6.45, 7) is 0. The van der Waals surface area contributed by atoms with Crippen LogP contribution in [-0.2, 0) is 0 Å². The number of ether oxygens (including phenoxy) is 2. The predicted molar refractivity (Wildman–Crippen MR) is 73.9 cm³/mol. The summed E-state index contributed by atoms with van der Waals surface area (Å²) in [6.07, 6.45) is 0. The maximum Gasteiger partial charge on any atom is 0.255 e. The van der Waals surface area contributed by atoms with Crippen molar-refractivity contribution in [3.63, 3.8) is 0 Å². The molecule has 21 heavy (non-hydrogen) atoms. The number of halogens is 2. The monoisotopic (exact) mass is 293 g/mol. The molecule has 0 aliphatic heterocycles. The van der Waals surface area contributed by atoms with Crippen molar-refractivity contribution >= 4 is 11.6 Å². The number of carbonyl (C=O) groups excluding carboxylic acids is 1. The highest BCUT2D eigenvalue weighted by molar-refractivity contribution is 6.04. The lowest BCUT2D eigenvalue weighted by atomic mass is 10.2. The number of benzene rings is 2. The van der Waals surface area contributed by atoms with Crippen LogP contribution in [0.1, 0.15) is 10.4 Å². The van der Waals surface area contributed by atoms with Crippen LogP contribution in [0, 0.1) is 11.6 Å². The minimum atomic E-state index is -0.647. The third kappa shape index (κ3) is 3.28. The van der Waals surface area contributed by atoms with Crippen LogP contribution in [0.5, 0.6) is 11.5 Å². The molecule has 0 fully saturated rings. The molecule has 0 radical (unpaired) electrons. The number of hydrogen-bond acceptors (Lipinski definition) is 3. The molecule has 110 valence electrons. The average molecular weight is 293 g/mol. The first-order valence-corrected chi connectivity index (χ1v) is 6.03. The maximum absolute atomic E-state index is 13.5. The average Bonchev–Trinajstić information content (AvgIpc) is 2.47. The largest absolute Gasteiger partial charge is 0.494 e. The lowest BCUT2D eigenvalue weighted by Gasteiger charge is -2.08. The van der Waals surface area contributed by atoms with Crippen LogP contribution in [0.25, 0.3) is 0 Å². The van der Waals surface area contributed by atoms with E-state index >= 15 is 0 Å². The van der Waals surface area contributed by atoms with Gasteiger partial charge in [0.2, 0.25) is 0 Å². The van der Waals surface area contributed by atoms with Gasteiger partial charge in [-0.05, 0) is 30.3 Å². The van der Waals surface area contributed by atoms with Gasteiger partial charge >= 0.3 is 0 Å². The van der Waals surface area contributed by atoms with E-state index in [9.17, 15) is 13.6 Å². The van der Waals surface area contributed by atoms with Crippen molar-refractivity contribution in [1.29, 1.82) is 0 Å². The molecule has 2 aromatic carbocycles. The molecule has 0 heterocycles. The summed E-state index contributed by atoms with van der Waals surface area (Å²) in [4.78, 5) is 12.0. The Morgan fingerprint density at radius 3 is 2.05 bits per heavy atom. The Morgan fingerprint density at radius 2 is 1.52 bits per heavy atom. The first-order chi connectivity index (χ1) is 10.0. The summed E-state index contributed by atoms with van der Waals surface area (Å²) < 4.78 is 36.6. The highest BCUT2D eigenvalue weighted by Gasteiger charge is 2.11. The zero-order valence-electron chi connectivity index (χ0n) is 11.4. The number of carbonyl (C=O) groups is 1. The van der Waals surface area contributed by atoms with Crippen LogP contribution in [0.4, 0.5) is 14.5 Å². The molecule has 6 heteroatoms. The van der Waals surface area contributed by atoms with E-state index < -0.39 is 17.5 Å².